The number of nitrogens with one attached hydrogen (secondary N) is 2. The van der Waals surface area contributed by atoms with Gasteiger partial charge in [-0.25, -0.2) is 8.42 Å². The highest BCUT2D eigenvalue weighted by Gasteiger charge is 2.18. The Labute approximate surface area is 169 Å². The molecule has 0 aliphatic heterocycles. The number of hydrogen-bond acceptors (Lipinski definition) is 4. The normalized spacial score (nSPS) is 10.8. The summed E-state index contributed by atoms with van der Waals surface area (Å²) in [5, 5.41) is 11.7. The molecule has 29 heavy (non-hydrogen) atoms. The summed E-state index contributed by atoms with van der Waals surface area (Å²) in [4.78, 5) is 12.7. The fraction of sp³-hybridized carbons (Fsp3) is 0.0909. The predicted molar refractivity (Wildman–Crippen MR) is 112 cm³/mol. The monoisotopic (exact) mass is 405 g/mol. The fourth-order valence-electron chi connectivity index (χ4n) is 2.80. The highest BCUT2D eigenvalue weighted by molar-refractivity contribution is 7.92. The topological polar surface area (TPSA) is 99.1 Å². The van der Waals surface area contributed by atoms with Gasteiger partial charge in [-0.05, 0) is 67.4 Å². The summed E-state index contributed by atoms with van der Waals surface area (Å²) in [6.45, 7) is 3.60. The minimum Gasteiger partial charge on any atom is -0.322 e. The van der Waals surface area contributed by atoms with Crippen LogP contribution in [0.3, 0.4) is 0 Å². The van der Waals surface area contributed by atoms with Crippen LogP contribution in [-0.2, 0) is 10.0 Å². The summed E-state index contributed by atoms with van der Waals surface area (Å²) in [5.41, 5.74) is 3.12. The summed E-state index contributed by atoms with van der Waals surface area (Å²) < 4.78 is 28.1. The van der Waals surface area contributed by atoms with Crippen LogP contribution in [0.4, 0.5) is 11.4 Å². The van der Waals surface area contributed by atoms with Crippen molar-refractivity contribution in [3.63, 3.8) is 0 Å². The molecule has 0 saturated carbocycles. The van der Waals surface area contributed by atoms with Crippen LogP contribution in [0.15, 0.2) is 71.6 Å². The third kappa shape index (κ3) is 4.81. The maximum absolute atomic E-state index is 12.8. The summed E-state index contributed by atoms with van der Waals surface area (Å²) in [6, 6.07) is 19.9. The van der Waals surface area contributed by atoms with Gasteiger partial charge in [-0.15, -0.1) is 0 Å². The molecular weight excluding hydrogens is 386 g/mol. The highest BCUT2D eigenvalue weighted by atomic mass is 32.2. The predicted octanol–water partition coefficient (Wildman–Crippen LogP) is 4.23. The van der Waals surface area contributed by atoms with Crippen molar-refractivity contribution in [2.75, 3.05) is 10.0 Å². The molecule has 0 unspecified atom stereocenters. The molecule has 0 atom stereocenters. The SMILES string of the molecule is Cc1cccc(NS(=O)(=O)c2ccc(C)c(C(=O)Nc3cccc(C#N)c3)c2)c1. The van der Waals surface area contributed by atoms with Crippen LogP contribution in [0.5, 0.6) is 0 Å². The first-order valence-electron chi connectivity index (χ1n) is 8.80. The summed E-state index contributed by atoms with van der Waals surface area (Å²) >= 11 is 0. The number of anilines is 2. The highest BCUT2D eigenvalue weighted by Crippen LogP contribution is 2.21. The van der Waals surface area contributed by atoms with Crippen molar-refractivity contribution in [1.82, 2.24) is 0 Å². The van der Waals surface area contributed by atoms with Gasteiger partial charge < -0.3 is 5.32 Å². The van der Waals surface area contributed by atoms with E-state index in [-0.39, 0.29) is 10.5 Å². The third-order valence-electron chi connectivity index (χ3n) is 4.28. The van der Waals surface area contributed by atoms with E-state index in [4.69, 9.17) is 5.26 Å². The van der Waals surface area contributed by atoms with Crippen LogP contribution in [0.2, 0.25) is 0 Å². The molecule has 0 spiro atoms. The smallest absolute Gasteiger partial charge is 0.261 e. The molecular formula is C22H19N3O3S. The van der Waals surface area contributed by atoms with Crippen molar-refractivity contribution in [2.45, 2.75) is 18.7 Å². The van der Waals surface area contributed by atoms with E-state index in [0.29, 0.717) is 22.5 Å². The molecule has 7 heteroatoms. The lowest BCUT2D eigenvalue weighted by Crippen LogP contribution is -2.17. The lowest BCUT2D eigenvalue weighted by atomic mass is 10.1. The summed E-state index contributed by atoms with van der Waals surface area (Å²) in [6.07, 6.45) is 0. The number of benzene rings is 3. The van der Waals surface area contributed by atoms with Gasteiger partial charge in [-0.3, -0.25) is 9.52 Å². The molecule has 3 rings (SSSR count). The van der Waals surface area contributed by atoms with E-state index < -0.39 is 15.9 Å². The number of sulfonamides is 1. The molecule has 0 saturated heterocycles. The number of nitrogens with zero attached hydrogens (tertiary/aromatic N) is 1. The summed E-state index contributed by atoms with van der Waals surface area (Å²) in [5.74, 6) is -0.454. The minimum absolute atomic E-state index is 0.0134. The van der Waals surface area contributed by atoms with E-state index in [1.807, 2.05) is 19.1 Å². The Balaban J connectivity index is 1.89. The largest absolute Gasteiger partial charge is 0.322 e. The van der Waals surface area contributed by atoms with Gasteiger partial charge in [0, 0.05) is 16.9 Å². The number of hydrogen-bond donors (Lipinski definition) is 2. The zero-order chi connectivity index (χ0) is 21.0. The lowest BCUT2D eigenvalue weighted by Gasteiger charge is -2.12. The van der Waals surface area contributed by atoms with Crippen LogP contribution >= 0.6 is 0 Å². The van der Waals surface area contributed by atoms with E-state index in [0.717, 1.165) is 5.56 Å². The first-order chi connectivity index (χ1) is 13.8. The molecule has 2 N–H and O–H groups in total. The van der Waals surface area contributed by atoms with Crippen molar-refractivity contribution in [1.29, 1.82) is 5.26 Å². The first kappa shape index (κ1) is 20.1. The van der Waals surface area contributed by atoms with Gasteiger partial charge in [-0.1, -0.05) is 24.3 Å². The van der Waals surface area contributed by atoms with Gasteiger partial charge in [0.15, 0.2) is 0 Å². The van der Waals surface area contributed by atoms with Crippen LogP contribution in [0.25, 0.3) is 0 Å². The molecule has 6 nitrogen and oxygen atoms in total. The number of aryl methyl sites for hydroxylation is 2. The number of rotatable bonds is 5. The molecule has 0 aliphatic carbocycles. The molecule has 0 heterocycles. The van der Waals surface area contributed by atoms with Crippen molar-refractivity contribution in [3.05, 3.63) is 89.0 Å². The van der Waals surface area contributed by atoms with Crippen LogP contribution in [0, 0.1) is 25.2 Å². The van der Waals surface area contributed by atoms with E-state index in [1.54, 1.807) is 55.5 Å². The zero-order valence-corrected chi connectivity index (χ0v) is 16.7. The van der Waals surface area contributed by atoms with Gasteiger partial charge in [0.2, 0.25) is 0 Å². The van der Waals surface area contributed by atoms with E-state index in [2.05, 4.69) is 10.0 Å². The van der Waals surface area contributed by atoms with Gasteiger partial charge in [-0.2, -0.15) is 5.26 Å². The summed E-state index contributed by atoms with van der Waals surface area (Å²) in [7, 11) is -3.86. The number of amides is 1. The molecule has 3 aromatic rings. The second kappa shape index (κ2) is 8.17. The molecule has 0 aromatic heterocycles. The van der Waals surface area contributed by atoms with E-state index >= 15 is 0 Å². The maximum atomic E-state index is 12.8. The Hall–Kier alpha value is -3.63. The Morgan fingerprint density at radius 3 is 2.38 bits per heavy atom. The number of nitriles is 1. The first-order valence-corrected chi connectivity index (χ1v) is 10.3. The molecule has 0 fully saturated rings. The Bertz CT molecular complexity index is 1230. The Morgan fingerprint density at radius 1 is 0.931 bits per heavy atom. The molecule has 0 radical (unpaired) electrons. The Kier molecular flexibility index (Phi) is 5.66. The quantitative estimate of drug-likeness (QED) is 0.663. The van der Waals surface area contributed by atoms with Crippen LogP contribution in [-0.4, -0.2) is 14.3 Å². The second-order valence-electron chi connectivity index (χ2n) is 6.60. The average Bonchev–Trinajstić information content (AvgIpc) is 2.68. The molecule has 146 valence electrons. The Morgan fingerprint density at radius 2 is 1.66 bits per heavy atom. The van der Waals surface area contributed by atoms with Gasteiger partial charge in [0.05, 0.1) is 16.5 Å². The molecule has 3 aromatic carbocycles. The lowest BCUT2D eigenvalue weighted by molar-refractivity contribution is 0.102. The average molecular weight is 405 g/mol. The molecule has 1 amide bonds. The van der Waals surface area contributed by atoms with Crippen molar-refractivity contribution < 1.29 is 13.2 Å². The van der Waals surface area contributed by atoms with Gasteiger partial charge >= 0.3 is 0 Å². The van der Waals surface area contributed by atoms with Crippen molar-refractivity contribution in [2.24, 2.45) is 0 Å². The van der Waals surface area contributed by atoms with Gasteiger partial charge in [0.1, 0.15) is 0 Å². The number of carbonyl (C=O) groups is 1. The maximum Gasteiger partial charge on any atom is 0.261 e. The zero-order valence-electron chi connectivity index (χ0n) is 15.9. The second-order valence-corrected chi connectivity index (χ2v) is 8.28. The third-order valence-corrected chi connectivity index (χ3v) is 5.66. The molecule has 0 aliphatic rings. The minimum atomic E-state index is -3.86. The number of carbonyl (C=O) groups excluding carboxylic acids is 1. The standard InChI is InChI=1S/C22H19N3O3S/c1-15-5-3-8-19(11-15)25-29(27,28)20-10-9-16(2)21(13-20)22(26)24-18-7-4-6-17(12-18)14-23/h3-13,25H,1-2H3,(H,24,26). The van der Waals surface area contributed by atoms with Crippen LogP contribution < -0.4 is 10.0 Å². The molecule has 0 bridgehead atoms. The fourth-order valence-corrected chi connectivity index (χ4v) is 3.88. The van der Waals surface area contributed by atoms with Crippen molar-refractivity contribution in [3.8, 4) is 6.07 Å². The van der Waals surface area contributed by atoms with Crippen molar-refractivity contribution >= 4 is 27.3 Å². The van der Waals surface area contributed by atoms with Gasteiger partial charge in [0.25, 0.3) is 15.9 Å². The van der Waals surface area contributed by atoms with E-state index in [9.17, 15) is 13.2 Å². The van der Waals surface area contributed by atoms with E-state index in [1.165, 1.54) is 12.1 Å². The van der Waals surface area contributed by atoms with Crippen LogP contribution in [0.1, 0.15) is 27.0 Å².